The fraction of sp³-hybridized carbons (Fsp3) is 0.333. The average molecular weight is 324 g/mol. The zero-order valence-electron chi connectivity index (χ0n) is 12.2. The van der Waals surface area contributed by atoms with Crippen LogP contribution in [0.15, 0.2) is 28.8 Å². The highest BCUT2D eigenvalue weighted by Gasteiger charge is 2.38. The largest absolute Gasteiger partial charge is 0.479 e. The van der Waals surface area contributed by atoms with Crippen molar-refractivity contribution in [2.75, 3.05) is 13.7 Å². The summed E-state index contributed by atoms with van der Waals surface area (Å²) >= 11 is 0. The molecule has 0 saturated carbocycles. The molecular formula is C15H14F2N2O4. The van der Waals surface area contributed by atoms with Crippen LogP contribution in [0.3, 0.4) is 0 Å². The molecule has 0 unspecified atom stereocenters. The number of aliphatic hydroxyl groups excluding tert-OH is 1. The van der Waals surface area contributed by atoms with Gasteiger partial charge in [0.05, 0.1) is 25.3 Å². The van der Waals surface area contributed by atoms with Crippen molar-refractivity contribution in [3.63, 3.8) is 0 Å². The number of halogens is 2. The van der Waals surface area contributed by atoms with E-state index in [1.165, 1.54) is 18.1 Å². The van der Waals surface area contributed by atoms with Gasteiger partial charge in [0, 0.05) is 12.1 Å². The van der Waals surface area contributed by atoms with Gasteiger partial charge in [-0.2, -0.15) is 0 Å². The highest BCUT2D eigenvalue weighted by Crippen LogP contribution is 2.35. The molecule has 1 N–H and O–H groups in total. The fourth-order valence-electron chi connectivity index (χ4n) is 2.70. The molecule has 2 heterocycles. The van der Waals surface area contributed by atoms with Crippen molar-refractivity contribution in [1.82, 2.24) is 10.1 Å². The summed E-state index contributed by atoms with van der Waals surface area (Å²) in [5, 5.41) is 13.4. The van der Waals surface area contributed by atoms with Crippen LogP contribution in [0.1, 0.15) is 28.6 Å². The highest BCUT2D eigenvalue weighted by atomic mass is 19.1. The third-order valence-corrected chi connectivity index (χ3v) is 3.77. The first-order valence-corrected chi connectivity index (χ1v) is 6.94. The second-order valence-electron chi connectivity index (χ2n) is 5.26. The van der Waals surface area contributed by atoms with Crippen molar-refractivity contribution in [2.45, 2.75) is 18.6 Å². The number of hydrogen-bond donors (Lipinski definition) is 1. The third-order valence-electron chi connectivity index (χ3n) is 3.77. The standard InChI is InChI=1S/C15H14F2N2O4/c1-22-14-6-13(23-18-14)15(21)19-7-9(20)5-12(19)10-4-8(16)2-3-11(10)17/h2-4,6,9,12,20H,5,7H2,1H3/t9-,12+/m0/s1. The van der Waals surface area contributed by atoms with Crippen LogP contribution in [-0.2, 0) is 0 Å². The molecule has 8 heteroatoms. The molecule has 1 saturated heterocycles. The van der Waals surface area contributed by atoms with Crippen LogP contribution in [0, 0.1) is 11.6 Å². The number of hydrogen-bond acceptors (Lipinski definition) is 5. The van der Waals surface area contributed by atoms with Crippen molar-refractivity contribution >= 4 is 5.91 Å². The third kappa shape index (κ3) is 2.89. The Balaban J connectivity index is 1.93. The summed E-state index contributed by atoms with van der Waals surface area (Å²) in [5.74, 6) is -1.81. The van der Waals surface area contributed by atoms with E-state index in [0.717, 1.165) is 18.2 Å². The van der Waals surface area contributed by atoms with Gasteiger partial charge in [-0.3, -0.25) is 4.79 Å². The van der Waals surface area contributed by atoms with E-state index in [9.17, 15) is 18.7 Å². The Morgan fingerprint density at radius 2 is 2.22 bits per heavy atom. The summed E-state index contributed by atoms with van der Waals surface area (Å²) in [7, 11) is 1.37. The summed E-state index contributed by atoms with van der Waals surface area (Å²) in [5.41, 5.74) is 0.0152. The molecule has 1 aromatic carbocycles. The van der Waals surface area contributed by atoms with E-state index in [4.69, 9.17) is 9.26 Å². The minimum Gasteiger partial charge on any atom is -0.479 e. The number of carbonyl (C=O) groups is 1. The van der Waals surface area contributed by atoms with Crippen LogP contribution in [0.4, 0.5) is 8.78 Å². The number of methoxy groups -OCH3 is 1. The molecule has 0 aliphatic carbocycles. The Morgan fingerprint density at radius 1 is 1.43 bits per heavy atom. The number of amides is 1. The molecule has 1 fully saturated rings. The Hall–Kier alpha value is -2.48. The minimum atomic E-state index is -0.837. The van der Waals surface area contributed by atoms with E-state index in [-0.39, 0.29) is 30.2 Å². The normalized spacial score (nSPS) is 20.8. The van der Waals surface area contributed by atoms with E-state index in [2.05, 4.69) is 5.16 Å². The van der Waals surface area contributed by atoms with Crippen molar-refractivity contribution in [3.8, 4) is 5.88 Å². The van der Waals surface area contributed by atoms with E-state index in [1.807, 2.05) is 0 Å². The van der Waals surface area contributed by atoms with Gasteiger partial charge in [0.25, 0.3) is 11.8 Å². The summed E-state index contributed by atoms with van der Waals surface area (Å²) in [6.07, 6.45) is -0.728. The molecule has 6 nitrogen and oxygen atoms in total. The maximum Gasteiger partial charge on any atom is 0.293 e. The van der Waals surface area contributed by atoms with Crippen molar-refractivity contribution in [2.24, 2.45) is 0 Å². The average Bonchev–Trinajstić information content (AvgIpc) is 3.15. The predicted molar refractivity (Wildman–Crippen MR) is 73.8 cm³/mol. The van der Waals surface area contributed by atoms with Gasteiger partial charge in [0.1, 0.15) is 11.6 Å². The van der Waals surface area contributed by atoms with Crippen LogP contribution in [0.5, 0.6) is 5.88 Å². The van der Waals surface area contributed by atoms with Crippen LogP contribution < -0.4 is 4.74 Å². The summed E-state index contributed by atoms with van der Waals surface area (Å²) in [6, 6.07) is 3.53. The van der Waals surface area contributed by atoms with Crippen LogP contribution in [-0.4, -0.2) is 40.8 Å². The van der Waals surface area contributed by atoms with Gasteiger partial charge in [-0.25, -0.2) is 8.78 Å². The topological polar surface area (TPSA) is 75.8 Å². The number of nitrogens with zero attached hydrogens (tertiary/aromatic N) is 2. The molecule has 2 aromatic rings. The number of aromatic nitrogens is 1. The van der Waals surface area contributed by atoms with Crippen molar-refractivity contribution in [1.29, 1.82) is 0 Å². The lowest BCUT2D eigenvalue weighted by Gasteiger charge is -2.23. The fourth-order valence-corrected chi connectivity index (χ4v) is 2.70. The van der Waals surface area contributed by atoms with Gasteiger partial charge < -0.3 is 19.3 Å². The van der Waals surface area contributed by atoms with E-state index >= 15 is 0 Å². The van der Waals surface area contributed by atoms with E-state index in [1.54, 1.807) is 0 Å². The molecule has 2 atom stereocenters. The Bertz CT molecular complexity index is 734. The number of rotatable bonds is 3. The summed E-state index contributed by atoms with van der Waals surface area (Å²) < 4.78 is 37.2. The molecule has 0 spiro atoms. The molecule has 3 rings (SSSR count). The lowest BCUT2D eigenvalue weighted by Crippen LogP contribution is -2.32. The summed E-state index contributed by atoms with van der Waals surface area (Å²) in [4.78, 5) is 13.7. The quantitative estimate of drug-likeness (QED) is 0.933. The Labute approximate surface area is 130 Å². The summed E-state index contributed by atoms with van der Waals surface area (Å²) in [6.45, 7) is -0.0114. The van der Waals surface area contributed by atoms with Gasteiger partial charge in [-0.1, -0.05) is 0 Å². The first kappa shape index (κ1) is 15.4. The molecule has 1 aliphatic rings. The molecule has 0 radical (unpaired) electrons. The second kappa shape index (κ2) is 5.96. The Kier molecular flexibility index (Phi) is 3.99. The predicted octanol–water partition coefficient (Wildman–Crippen LogP) is 1.91. The molecule has 1 aliphatic heterocycles. The van der Waals surface area contributed by atoms with Gasteiger partial charge in [-0.15, -0.1) is 0 Å². The number of likely N-dealkylation sites (tertiary alicyclic amines) is 1. The van der Waals surface area contributed by atoms with Crippen molar-refractivity contribution in [3.05, 3.63) is 47.2 Å². The zero-order chi connectivity index (χ0) is 16.6. The van der Waals surface area contributed by atoms with Crippen LogP contribution in [0.2, 0.25) is 0 Å². The zero-order valence-corrected chi connectivity index (χ0v) is 12.2. The number of carbonyl (C=O) groups excluding carboxylic acids is 1. The lowest BCUT2D eigenvalue weighted by atomic mass is 10.0. The number of β-amino-alcohol motifs (C(OH)–C–C–N with tert-alkyl or cyclic N) is 1. The van der Waals surface area contributed by atoms with Crippen LogP contribution >= 0.6 is 0 Å². The maximum atomic E-state index is 14.0. The minimum absolute atomic E-state index is 0.0114. The van der Waals surface area contributed by atoms with Gasteiger partial charge in [0.15, 0.2) is 0 Å². The highest BCUT2D eigenvalue weighted by molar-refractivity contribution is 5.92. The smallest absolute Gasteiger partial charge is 0.293 e. The van der Waals surface area contributed by atoms with Crippen molar-refractivity contribution < 1.29 is 27.9 Å². The van der Waals surface area contributed by atoms with Gasteiger partial charge in [0.2, 0.25) is 5.76 Å². The van der Waals surface area contributed by atoms with Gasteiger partial charge >= 0.3 is 0 Å². The molecule has 1 aromatic heterocycles. The molecule has 0 bridgehead atoms. The Morgan fingerprint density at radius 3 is 2.91 bits per heavy atom. The molecule has 1 amide bonds. The monoisotopic (exact) mass is 324 g/mol. The number of benzene rings is 1. The second-order valence-corrected chi connectivity index (χ2v) is 5.26. The van der Waals surface area contributed by atoms with Gasteiger partial charge in [-0.05, 0) is 29.8 Å². The molecule has 122 valence electrons. The number of aliphatic hydroxyl groups is 1. The van der Waals surface area contributed by atoms with Crippen LogP contribution in [0.25, 0.3) is 0 Å². The van der Waals surface area contributed by atoms with E-state index in [0.29, 0.717) is 0 Å². The molecule has 23 heavy (non-hydrogen) atoms. The maximum absolute atomic E-state index is 14.0. The van der Waals surface area contributed by atoms with E-state index < -0.39 is 29.7 Å². The first-order chi connectivity index (χ1) is 11.0. The number of ether oxygens (including phenoxy) is 1. The SMILES string of the molecule is COc1cc(C(=O)N2C[C@@H](O)C[C@@H]2c2cc(F)ccc2F)on1. The first-order valence-electron chi connectivity index (χ1n) is 6.94. The lowest BCUT2D eigenvalue weighted by molar-refractivity contribution is 0.0671. The molecular weight excluding hydrogens is 310 g/mol.